The fourth-order valence-corrected chi connectivity index (χ4v) is 1.75. The number of aliphatic hydroxyl groups is 1. The highest BCUT2D eigenvalue weighted by Gasteiger charge is 2.22. The van der Waals surface area contributed by atoms with Crippen LogP contribution in [0.25, 0.3) is 0 Å². The van der Waals surface area contributed by atoms with Gasteiger partial charge in [-0.25, -0.2) is 0 Å². The zero-order valence-corrected chi connectivity index (χ0v) is 10.1. The summed E-state index contributed by atoms with van der Waals surface area (Å²) in [6.45, 7) is 8.97. The summed E-state index contributed by atoms with van der Waals surface area (Å²) in [5.41, 5.74) is 1.48. The number of benzene rings is 1. The van der Waals surface area contributed by atoms with Crippen molar-refractivity contribution in [1.29, 1.82) is 0 Å². The van der Waals surface area contributed by atoms with Crippen molar-refractivity contribution in [3.8, 4) is 0 Å². The van der Waals surface area contributed by atoms with E-state index >= 15 is 0 Å². The molecule has 1 rings (SSSR count). The van der Waals surface area contributed by atoms with Crippen molar-refractivity contribution in [3.63, 3.8) is 0 Å². The van der Waals surface area contributed by atoms with Crippen LogP contribution in [0.2, 0.25) is 0 Å². The van der Waals surface area contributed by atoms with E-state index < -0.39 is 5.60 Å². The van der Waals surface area contributed by atoms with Crippen molar-refractivity contribution in [2.45, 2.75) is 32.8 Å². The lowest BCUT2D eigenvalue weighted by atomic mass is 9.89. The van der Waals surface area contributed by atoms with Crippen LogP contribution in [0.4, 0.5) is 0 Å². The van der Waals surface area contributed by atoms with Crippen LogP contribution in [0.5, 0.6) is 0 Å². The summed E-state index contributed by atoms with van der Waals surface area (Å²) in [6.07, 6.45) is 0.520. The van der Waals surface area contributed by atoms with Crippen LogP contribution in [-0.2, 0) is 5.60 Å². The molecule has 0 radical (unpaired) electrons. The number of Topliss-reactive ketones (excluding diaryl/α,β-unsaturated/α-hetero) is 1. The van der Waals surface area contributed by atoms with E-state index in [1.807, 2.05) is 6.92 Å². The molecule has 2 nitrogen and oxygen atoms in total. The maximum Gasteiger partial charge on any atom is 0.159 e. The summed E-state index contributed by atoms with van der Waals surface area (Å²) >= 11 is 0. The maximum atomic E-state index is 11.1. The molecule has 0 spiro atoms. The summed E-state index contributed by atoms with van der Waals surface area (Å²) < 4.78 is 0. The molecule has 0 aromatic heterocycles. The Morgan fingerprint density at radius 3 is 2.19 bits per heavy atom. The van der Waals surface area contributed by atoms with Crippen molar-refractivity contribution >= 4 is 5.78 Å². The Balaban J connectivity index is 2.96. The van der Waals surface area contributed by atoms with Gasteiger partial charge in [0.1, 0.15) is 0 Å². The minimum Gasteiger partial charge on any atom is -0.385 e. The molecule has 0 aliphatic heterocycles. The van der Waals surface area contributed by atoms with E-state index in [9.17, 15) is 9.90 Å². The molecule has 0 heterocycles. The fraction of sp³-hybridized carbons (Fsp3) is 0.357. The smallest absolute Gasteiger partial charge is 0.159 e. The molecule has 86 valence electrons. The Hall–Kier alpha value is -1.41. The monoisotopic (exact) mass is 218 g/mol. The first-order valence-corrected chi connectivity index (χ1v) is 5.31. The second-order valence-corrected chi connectivity index (χ2v) is 4.54. The highest BCUT2D eigenvalue weighted by Crippen LogP contribution is 2.27. The standard InChI is InChI=1S/C14H18O2/c1-10(2)9-14(4,16)13-7-5-12(6-8-13)11(3)15/h5-8,16H,1,9H2,2-4H3. The first-order valence-electron chi connectivity index (χ1n) is 5.31. The zero-order valence-electron chi connectivity index (χ0n) is 10.1. The van der Waals surface area contributed by atoms with E-state index in [4.69, 9.17) is 0 Å². The zero-order chi connectivity index (χ0) is 12.3. The van der Waals surface area contributed by atoms with Gasteiger partial charge in [-0.15, -0.1) is 6.58 Å². The number of rotatable bonds is 4. The van der Waals surface area contributed by atoms with Gasteiger partial charge in [0.15, 0.2) is 5.78 Å². The van der Waals surface area contributed by atoms with Gasteiger partial charge in [-0.05, 0) is 26.3 Å². The van der Waals surface area contributed by atoms with Crippen LogP contribution in [0.3, 0.4) is 0 Å². The third-order valence-corrected chi connectivity index (χ3v) is 2.56. The Labute approximate surface area is 96.6 Å². The van der Waals surface area contributed by atoms with Crippen molar-refractivity contribution in [2.24, 2.45) is 0 Å². The number of hydrogen-bond donors (Lipinski definition) is 1. The third kappa shape index (κ3) is 3.04. The molecule has 2 heteroatoms. The van der Waals surface area contributed by atoms with Gasteiger partial charge in [0.25, 0.3) is 0 Å². The van der Waals surface area contributed by atoms with Crippen molar-refractivity contribution in [2.75, 3.05) is 0 Å². The topological polar surface area (TPSA) is 37.3 Å². The van der Waals surface area contributed by atoms with Crippen molar-refractivity contribution < 1.29 is 9.90 Å². The van der Waals surface area contributed by atoms with Crippen LogP contribution >= 0.6 is 0 Å². The fourth-order valence-electron chi connectivity index (χ4n) is 1.75. The van der Waals surface area contributed by atoms with Crippen LogP contribution in [0, 0.1) is 0 Å². The number of hydrogen-bond acceptors (Lipinski definition) is 2. The molecule has 0 amide bonds. The molecular formula is C14H18O2. The summed E-state index contributed by atoms with van der Waals surface area (Å²) in [7, 11) is 0. The van der Waals surface area contributed by atoms with E-state index in [1.165, 1.54) is 6.92 Å². The van der Waals surface area contributed by atoms with E-state index in [-0.39, 0.29) is 5.78 Å². The van der Waals surface area contributed by atoms with Gasteiger partial charge < -0.3 is 5.11 Å². The molecule has 0 aliphatic carbocycles. The largest absolute Gasteiger partial charge is 0.385 e. The van der Waals surface area contributed by atoms with E-state index in [0.717, 1.165) is 11.1 Å². The molecule has 16 heavy (non-hydrogen) atoms. The first kappa shape index (κ1) is 12.7. The van der Waals surface area contributed by atoms with Crippen molar-refractivity contribution in [3.05, 3.63) is 47.5 Å². The minimum atomic E-state index is -0.916. The van der Waals surface area contributed by atoms with Crippen LogP contribution in [-0.4, -0.2) is 10.9 Å². The van der Waals surface area contributed by atoms with Gasteiger partial charge in [-0.3, -0.25) is 4.79 Å². The molecule has 1 unspecified atom stereocenters. The van der Waals surface area contributed by atoms with Gasteiger partial charge in [-0.2, -0.15) is 0 Å². The average Bonchev–Trinajstić information content (AvgIpc) is 2.16. The predicted octanol–water partition coefficient (Wildman–Crippen LogP) is 3.06. The van der Waals surface area contributed by atoms with Gasteiger partial charge in [0, 0.05) is 12.0 Å². The Morgan fingerprint density at radius 1 is 1.31 bits per heavy atom. The van der Waals surface area contributed by atoms with E-state index in [1.54, 1.807) is 31.2 Å². The van der Waals surface area contributed by atoms with Gasteiger partial charge in [0.2, 0.25) is 0 Å². The Morgan fingerprint density at radius 2 is 1.81 bits per heavy atom. The quantitative estimate of drug-likeness (QED) is 0.623. The van der Waals surface area contributed by atoms with Gasteiger partial charge in [0.05, 0.1) is 5.60 Å². The molecule has 0 bridgehead atoms. The highest BCUT2D eigenvalue weighted by molar-refractivity contribution is 5.94. The lowest BCUT2D eigenvalue weighted by Crippen LogP contribution is -2.21. The summed E-state index contributed by atoms with van der Waals surface area (Å²) in [6, 6.07) is 7.06. The molecule has 1 atom stereocenters. The second kappa shape index (κ2) is 4.62. The molecule has 0 saturated heterocycles. The molecule has 0 aliphatic rings. The number of ketones is 1. The SMILES string of the molecule is C=C(C)CC(C)(O)c1ccc(C(C)=O)cc1. The summed E-state index contributed by atoms with van der Waals surface area (Å²) in [4.78, 5) is 11.1. The highest BCUT2D eigenvalue weighted by atomic mass is 16.3. The maximum absolute atomic E-state index is 11.1. The van der Waals surface area contributed by atoms with E-state index in [2.05, 4.69) is 6.58 Å². The molecule has 1 N–H and O–H groups in total. The number of carbonyl (C=O) groups excluding carboxylic acids is 1. The van der Waals surface area contributed by atoms with Crippen LogP contribution in [0.1, 0.15) is 43.1 Å². The second-order valence-electron chi connectivity index (χ2n) is 4.54. The van der Waals surface area contributed by atoms with Crippen LogP contribution in [0.15, 0.2) is 36.4 Å². The molecule has 0 saturated carbocycles. The summed E-state index contributed by atoms with van der Waals surface area (Å²) in [5, 5.41) is 10.2. The molecular weight excluding hydrogens is 200 g/mol. The third-order valence-electron chi connectivity index (χ3n) is 2.56. The number of carbonyl (C=O) groups is 1. The average molecular weight is 218 g/mol. The first-order chi connectivity index (χ1) is 7.33. The normalized spacial score (nSPS) is 14.2. The molecule has 1 aromatic rings. The Bertz CT molecular complexity index is 399. The lowest BCUT2D eigenvalue weighted by molar-refractivity contribution is 0.0577. The Kier molecular flexibility index (Phi) is 3.66. The molecule has 0 fully saturated rings. The van der Waals surface area contributed by atoms with E-state index in [0.29, 0.717) is 12.0 Å². The van der Waals surface area contributed by atoms with Gasteiger partial charge in [-0.1, -0.05) is 29.8 Å². The van der Waals surface area contributed by atoms with Crippen LogP contribution < -0.4 is 0 Å². The summed E-state index contributed by atoms with van der Waals surface area (Å²) in [5.74, 6) is 0.0334. The minimum absolute atomic E-state index is 0.0334. The molecule has 1 aromatic carbocycles. The van der Waals surface area contributed by atoms with Crippen molar-refractivity contribution in [1.82, 2.24) is 0 Å². The lowest BCUT2D eigenvalue weighted by Gasteiger charge is -2.24. The van der Waals surface area contributed by atoms with Gasteiger partial charge >= 0.3 is 0 Å². The predicted molar refractivity (Wildman–Crippen MR) is 65.4 cm³/mol.